The highest BCUT2D eigenvalue weighted by Gasteiger charge is 2.46. The van der Waals surface area contributed by atoms with Crippen molar-refractivity contribution in [3.8, 4) is 0 Å². The van der Waals surface area contributed by atoms with Gasteiger partial charge in [0, 0.05) is 36.7 Å². The van der Waals surface area contributed by atoms with Gasteiger partial charge in [0.25, 0.3) is 0 Å². The fourth-order valence-corrected chi connectivity index (χ4v) is 6.82. The van der Waals surface area contributed by atoms with E-state index in [0.717, 1.165) is 45.9 Å². The van der Waals surface area contributed by atoms with Crippen LogP contribution >= 0.6 is 0 Å². The van der Waals surface area contributed by atoms with Gasteiger partial charge in [0.2, 0.25) is 11.8 Å². The third-order valence-electron chi connectivity index (χ3n) is 9.10. The number of fused-ring (bicyclic) bond motifs is 1. The molecule has 0 bridgehead atoms. The number of nitrogens with zero attached hydrogens (tertiary/aromatic N) is 3. The molecule has 0 aromatic heterocycles. The lowest BCUT2D eigenvalue weighted by molar-refractivity contribution is -0.126. The summed E-state index contributed by atoms with van der Waals surface area (Å²) in [5, 5.41) is 6.48. The molecule has 2 N–H and O–H groups in total. The van der Waals surface area contributed by atoms with Crippen LogP contribution in [0.5, 0.6) is 0 Å². The van der Waals surface area contributed by atoms with E-state index < -0.39 is 5.92 Å². The predicted molar refractivity (Wildman–Crippen MR) is 169 cm³/mol. The van der Waals surface area contributed by atoms with Gasteiger partial charge in [-0.2, -0.15) is 0 Å². The Morgan fingerprint density at radius 1 is 1.02 bits per heavy atom. The number of rotatable bonds is 7. The average molecular weight is 580 g/mol. The molecule has 1 saturated heterocycles. The second-order valence-corrected chi connectivity index (χ2v) is 11.9. The minimum Gasteiger partial charge on any atom is -0.359 e. The monoisotopic (exact) mass is 579 g/mol. The Labute approximate surface area is 254 Å². The number of benzene rings is 2. The standard InChI is InChI=1S/C35H41N5O3/c1-4-39(5-2)35(43)40-30-11-9-10-28(23(3)36-27-15-12-24(13-16-27)22-38-18-7-6-8-19-38)33(30)32(34(40)42)25-14-17-29-26(20-25)21-31(41)37-29/h9,11-17,20,32,36H,4-8,10,18-19,21-22H2,1-3H3,(H,37,41). The summed E-state index contributed by atoms with van der Waals surface area (Å²) >= 11 is 0. The van der Waals surface area contributed by atoms with Gasteiger partial charge in [-0.05, 0) is 105 Å². The first-order chi connectivity index (χ1) is 20.9. The molecule has 1 aliphatic carbocycles. The maximum absolute atomic E-state index is 14.2. The second kappa shape index (κ2) is 12.2. The molecule has 2 aromatic rings. The summed E-state index contributed by atoms with van der Waals surface area (Å²) in [5.74, 6) is -0.941. The summed E-state index contributed by atoms with van der Waals surface area (Å²) in [6.45, 7) is 10.2. The van der Waals surface area contributed by atoms with Gasteiger partial charge in [0.05, 0.1) is 18.0 Å². The van der Waals surface area contributed by atoms with Crippen molar-refractivity contribution in [3.05, 3.63) is 93.8 Å². The first-order valence-corrected chi connectivity index (χ1v) is 15.6. The molecule has 4 amide bonds. The van der Waals surface area contributed by atoms with Gasteiger partial charge in [-0.15, -0.1) is 0 Å². The highest BCUT2D eigenvalue weighted by Crippen LogP contribution is 2.47. The predicted octanol–water partition coefficient (Wildman–Crippen LogP) is 6.15. The van der Waals surface area contributed by atoms with E-state index >= 15 is 0 Å². The lowest BCUT2D eigenvalue weighted by Crippen LogP contribution is -2.44. The van der Waals surface area contributed by atoms with Crippen molar-refractivity contribution in [3.63, 3.8) is 0 Å². The average Bonchev–Trinajstić information content (AvgIpc) is 3.54. The van der Waals surface area contributed by atoms with Crippen molar-refractivity contribution in [1.29, 1.82) is 0 Å². The maximum Gasteiger partial charge on any atom is 0.331 e. The van der Waals surface area contributed by atoms with E-state index in [0.29, 0.717) is 25.2 Å². The SMILES string of the molecule is CCN(CC)C(=O)N1C(=O)C(c2ccc3c(c2)CC(=O)N3)C2=C1C=CCC2=C(C)Nc1ccc(CN2CCCCC2)cc1. The molecule has 1 unspecified atom stereocenters. The van der Waals surface area contributed by atoms with Crippen LogP contribution < -0.4 is 10.6 Å². The minimum absolute atomic E-state index is 0.0497. The first kappa shape index (κ1) is 28.9. The largest absolute Gasteiger partial charge is 0.359 e. The zero-order valence-electron chi connectivity index (χ0n) is 25.4. The Morgan fingerprint density at radius 3 is 2.49 bits per heavy atom. The molecule has 1 atom stereocenters. The van der Waals surface area contributed by atoms with E-state index in [2.05, 4.69) is 39.8 Å². The number of nitrogens with one attached hydrogen (secondary N) is 2. The van der Waals surface area contributed by atoms with E-state index in [1.165, 1.54) is 42.8 Å². The minimum atomic E-state index is -0.640. The number of anilines is 2. The number of amides is 4. The zero-order valence-corrected chi connectivity index (χ0v) is 25.4. The van der Waals surface area contributed by atoms with Crippen LogP contribution in [0, 0.1) is 0 Å². The molecule has 3 heterocycles. The Hall–Kier alpha value is -4.17. The van der Waals surface area contributed by atoms with Crippen LogP contribution in [0.1, 0.15) is 69.1 Å². The maximum atomic E-state index is 14.2. The number of hydrogen-bond donors (Lipinski definition) is 2. The van der Waals surface area contributed by atoms with Gasteiger partial charge in [-0.1, -0.05) is 36.8 Å². The third kappa shape index (κ3) is 5.64. The Kier molecular flexibility index (Phi) is 8.21. The van der Waals surface area contributed by atoms with Gasteiger partial charge >= 0.3 is 6.03 Å². The molecule has 224 valence electrons. The lowest BCUT2D eigenvalue weighted by Gasteiger charge is -2.26. The Bertz CT molecular complexity index is 1530. The van der Waals surface area contributed by atoms with Crippen molar-refractivity contribution in [1.82, 2.24) is 14.7 Å². The fourth-order valence-electron chi connectivity index (χ4n) is 6.82. The molecule has 8 heteroatoms. The highest BCUT2D eigenvalue weighted by atomic mass is 16.2. The van der Waals surface area contributed by atoms with Crippen LogP contribution in [0.3, 0.4) is 0 Å². The molecule has 8 nitrogen and oxygen atoms in total. The second-order valence-electron chi connectivity index (χ2n) is 11.9. The van der Waals surface area contributed by atoms with Crippen LogP contribution in [0.15, 0.2) is 77.2 Å². The van der Waals surface area contributed by atoms with E-state index in [4.69, 9.17) is 0 Å². The summed E-state index contributed by atoms with van der Waals surface area (Å²) in [4.78, 5) is 45.5. The van der Waals surface area contributed by atoms with E-state index in [-0.39, 0.29) is 24.3 Å². The normalized spacial score (nSPS) is 21.1. The molecule has 4 aliphatic rings. The molecule has 3 aliphatic heterocycles. The van der Waals surface area contributed by atoms with Crippen molar-refractivity contribution < 1.29 is 14.4 Å². The number of hydrogen-bond acceptors (Lipinski definition) is 5. The van der Waals surface area contributed by atoms with Crippen molar-refractivity contribution in [2.45, 2.75) is 65.3 Å². The summed E-state index contributed by atoms with van der Waals surface area (Å²) in [7, 11) is 0. The Balaban J connectivity index is 1.34. The molecule has 1 fully saturated rings. The van der Waals surface area contributed by atoms with Crippen molar-refractivity contribution in [2.24, 2.45) is 0 Å². The molecule has 0 spiro atoms. The van der Waals surface area contributed by atoms with Gasteiger partial charge in [-0.3, -0.25) is 14.5 Å². The molecular formula is C35H41N5O3. The number of urea groups is 1. The smallest absolute Gasteiger partial charge is 0.331 e. The van der Waals surface area contributed by atoms with Crippen LogP contribution in [-0.2, 0) is 22.6 Å². The van der Waals surface area contributed by atoms with Gasteiger partial charge < -0.3 is 15.5 Å². The highest BCUT2D eigenvalue weighted by molar-refractivity contribution is 6.06. The van der Waals surface area contributed by atoms with Crippen molar-refractivity contribution >= 4 is 29.2 Å². The summed E-state index contributed by atoms with van der Waals surface area (Å²) in [5.41, 5.74) is 8.21. The topological polar surface area (TPSA) is 85.0 Å². The first-order valence-electron chi connectivity index (χ1n) is 15.6. The summed E-state index contributed by atoms with van der Waals surface area (Å²) in [6.07, 6.45) is 8.77. The number of imide groups is 1. The van der Waals surface area contributed by atoms with Crippen LogP contribution in [0.4, 0.5) is 16.2 Å². The molecule has 0 radical (unpaired) electrons. The van der Waals surface area contributed by atoms with Gasteiger partial charge in [-0.25, -0.2) is 9.69 Å². The van der Waals surface area contributed by atoms with E-state index in [1.807, 2.05) is 51.1 Å². The quantitative estimate of drug-likeness (QED) is 0.411. The van der Waals surface area contributed by atoms with Gasteiger partial charge in [0.15, 0.2) is 0 Å². The van der Waals surface area contributed by atoms with Crippen molar-refractivity contribution in [2.75, 3.05) is 36.8 Å². The molecule has 43 heavy (non-hydrogen) atoms. The number of allylic oxidation sites excluding steroid dienone is 4. The van der Waals surface area contributed by atoms with Crippen LogP contribution in [-0.4, -0.2) is 58.7 Å². The van der Waals surface area contributed by atoms with Gasteiger partial charge in [0.1, 0.15) is 0 Å². The fraction of sp³-hybridized carbons (Fsp3) is 0.400. The van der Waals surface area contributed by atoms with Crippen LogP contribution in [0.2, 0.25) is 0 Å². The Morgan fingerprint density at radius 2 is 1.77 bits per heavy atom. The zero-order chi connectivity index (χ0) is 30.1. The van der Waals surface area contributed by atoms with Crippen LogP contribution in [0.25, 0.3) is 0 Å². The number of piperidine rings is 1. The molecule has 6 rings (SSSR count). The molecule has 0 saturated carbocycles. The number of likely N-dealkylation sites (tertiary alicyclic amines) is 1. The van der Waals surface area contributed by atoms with E-state index in [1.54, 1.807) is 4.90 Å². The van der Waals surface area contributed by atoms with E-state index in [9.17, 15) is 14.4 Å². The lowest BCUT2D eigenvalue weighted by atomic mass is 9.82. The summed E-state index contributed by atoms with van der Waals surface area (Å²) < 4.78 is 0. The number of carbonyl (C=O) groups is 3. The number of carbonyl (C=O) groups excluding carboxylic acids is 3. The summed E-state index contributed by atoms with van der Waals surface area (Å²) in [6, 6.07) is 14.0. The third-order valence-corrected chi connectivity index (χ3v) is 9.10. The molecular weight excluding hydrogens is 538 g/mol. The molecule has 2 aromatic carbocycles.